The molecule has 12 atom stereocenters. The number of nitrogens with zero attached hydrogens (tertiary/aromatic N) is 9. The predicted molar refractivity (Wildman–Crippen MR) is 326 cm³/mol. The molecule has 20 heteroatoms. The summed E-state index contributed by atoms with van der Waals surface area (Å²) in [7, 11) is 0. The van der Waals surface area contributed by atoms with E-state index in [0.29, 0.717) is 113 Å². The molecule has 4 bridgehead atoms. The molecule has 11 aliphatic rings. The van der Waals surface area contributed by atoms with Gasteiger partial charge in [0.15, 0.2) is 0 Å². The van der Waals surface area contributed by atoms with Crippen LogP contribution in [0.5, 0.6) is 17.8 Å². The molecule has 2 aliphatic carbocycles. The van der Waals surface area contributed by atoms with Crippen molar-refractivity contribution < 1.29 is 37.7 Å². The summed E-state index contributed by atoms with van der Waals surface area (Å²) in [6.45, 7) is 12.3. The summed E-state index contributed by atoms with van der Waals surface area (Å²) in [5, 5.41) is 27.9. The molecule has 16 rings (SSSR count). The third-order valence-corrected chi connectivity index (χ3v) is 28.1. The number of hydrogen-bond acceptors (Lipinski definition) is 14. The van der Waals surface area contributed by atoms with Gasteiger partial charge in [-0.15, -0.1) is 0 Å². The molecule has 1 saturated carbocycles. The summed E-state index contributed by atoms with van der Waals surface area (Å²) in [6, 6.07) is 12.7. The predicted octanol–water partition coefficient (Wildman–Crippen LogP) is 9.69. The van der Waals surface area contributed by atoms with Gasteiger partial charge < -0.3 is 10.4 Å². The molecule has 9 saturated heterocycles. The van der Waals surface area contributed by atoms with Crippen LogP contribution < -0.4 is 24.6 Å². The van der Waals surface area contributed by atoms with Gasteiger partial charge in [-0.25, -0.2) is 4.39 Å². The zero-order valence-electron chi connectivity index (χ0n) is 47.7. The second kappa shape index (κ2) is 20.0. The molecule has 5 aromatic rings. The van der Waals surface area contributed by atoms with E-state index in [1.807, 2.05) is 37.0 Å². The van der Waals surface area contributed by atoms with E-state index in [0.717, 1.165) is 109 Å². The number of aromatic nitrogens is 4. The molecule has 84 heavy (non-hydrogen) atoms. The van der Waals surface area contributed by atoms with E-state index in [1.165, 1.54) is 15.2 Å². The Bertz CT molecular complexity index is 3610. The van der Waals surface area contributed by atoms with E-state index in [2.05, 4.69) is 43.6 Å². The van der Waals surface area contributed by atoms with Gasteiger partial charge in [-0.1, -0.05) is 18.2 Å². The third kappa shape index (κ3) is 9.26. The number of carbonyl (C=O) groups is 1. The van der Waals surface area contributed by atoms with Crippen molar-refractivity contribution in [2.75, 3.05) is 73.3 Å². The van der Waals surface area contributed by atoms with E-state index < -0.39 is 48.8 Å². The molecule has 15 nitrogen and oxygen atoms in total. The number of allylic oxidation sites excluding steroid dienone is 1. The van der Waals surface area contributed by atoms with Gasteiger partial charge in [0.05, 0.1) is 0 Å². The molecule has 11 heterocycles. The number of piperazine rings is 2. The summed E-state index contributed by atoms with van der Waals surface area (Å²) >= 11 is 5.01. The maximum atomic E-state index is 16.7. The number of benzene rings is 3. The molecule has 0 radical (unpaired) electrons. The van der Waals surface area contributed by atoms with Gasteiger partial charge in [-0.3, -0.25) is 4.79 Å². The Morgan fingerprint density at radius 3 is 2.36 bits per heavy atom. The first-order valence-corrected chi connectivity index (χ1v) is 34.9. The Kier molecular flexibility index (Phi) is 12.9. The van der Waals surface area contributed by atoms with Crippen LogP contribution in [-0.4, -0.2) is 177 Å². The zero-order valence-corrected chi connectivity index (χ0v) is 50.6. The first-order chi connectivity index (χ1) is 40.5. The van der Waals surface area contributed by atoms with Gasteiger partial charge in [0, 0.05) is 24.2 Å². The fourth-order valence-corrected chi connectivity index (χ4v) is 25.0. The fourth-order valence-electron chi connectivity index (χ4n) is 17.3. The molecule has 10 fully saturated rings. The summed E-state index contributed by atoms with van der Waals surface area (Å²) in [5.74, 6) is 1.86. The molecule has 3 N–H and O–H groups in total. The number of fused-ring (bicyclic) bond motifs is 14. The van der Waals surface area contributed by atoms with Crippen molar-refractivity contribution in [3.05, 3.63) is 86.2 Å². The summed E-state index contributed by atoms with van der Waals surface area (Å²) in [4.78, 5) is 44.1. The number of phenols is 1. The number of aryl methyl sites for hydroxylation is 1. The van der Waals surface area contributed by atoms with Crippen LogP contribution in [0.1, 0.15) is 113 Å². The average molecular weight is 1280 g/mol. The number of anilines is 2. The van der Waals surface area contributed by atoms with Crippen LogP contribution >= 0.6 is 31.4 Å². The van der Waals surface area contributed by atoms with E-state index >= 15 is 8.78 Å². The van der Waals surface area contributed by atoms with Gasteiger partial charge in [-0.2, -0.15) is 0 Å². The van der Waals surface area contributed by atoms with E-state index in [1.54, 1.807) is 12.1 Å². The maximum absolute atomic E-state index is 16.7. The fraction of sp³-hybridized carbons (Fsp3) is 0.578. The Hall–Kier alpha value is -5.06. The molecule has 0 spiro atoms. The summed E-state index contributed by atoms with van der Waals surface area (Å²) < 4.78 is 63.6. The number of hydrogen-bond donors (Lipinski definition) is 3. The molecule has 9 aliphatic heterocycles. The molecule has 444 valence electrons. The number of rotatable bonds is 16. The number of likely N-dealkylation sites (tertiary alicyclic amines) is 1. The average Bonchev–Trinajstić information content (AvgIpc) is 1.84. The van der Waals surface area contributed by atoms with Gasteiger partial charge in [0.25, 0.3) is 0 Å². The Morgan fingerprint density at radius 1 is 0.869 bits per heavy atom. The van der Waals surface area contributed by atoms with E-state index in [-0.39, 0.29) is 54.8 Å². The van der Waals surface area contributed by atoms with Gasteiger partial charge in [-0.05, 0) is 72.5 Å². The van der Waals surface area contributed by atoms with Crippen molar-refractivity contribution in [1.82, 2.24) is 40.0 Å². The SMILES string of the molecule is C=CC(=O)N1CC2C[C@@H]1CN2c1nc(OCC23CCCN2C[C@H](F)C3)nc2cc(CC/C(=C\C(C)(C)O)I3C[C@@H]3CC3CC[C@@]4(COc5nc(N6C[C@H]7C[C@@H]6CN7)c6cc7c(cc6n5)-c5cc(O)cc(Cl)c5C5CC75)C[C@@H](F)CN34)c(F)cc12. The Labute approximate surface area is 499 Å². The second-order valence-electron chi connectivity index (χ2n) is 27.1. The van der Waals surface area contributed by atoms with Crippen molar-refractivity contribution in [3.63, 3.8) is 0 Å². The van der Waals surface area contributed by atoms with Crippen LogP contribution in [0.15, 0.2) is 58.7 Å². The molecule has 1 amide bonds. The van der Waals surface area contributed by atoms with Crippen molar-refractivity contribution in [3.8, 4) is 28.9 Å². The quantitative estimate of drug-likeness (QED) is 0.0488. The van der Waals surface area contributed by atoms with Crippen LogP contribution in [-0.2, 0) is 11.2 Å². The topological polar surface area (TPSA) is 156 Å². The van der Waals surface area contributed by atoms with Crippen LogP contribution in [0.3, 0.4) is 0 Å². The number of carbonyl (C=O) groups excluding carboxylic acids is 1. The summed E-state index contributed by atoms with van der Waals surface area (Å²) in [5.41, 5.74) is 4.28. The standard InChI is InChI=1S/C64H73ClF3IN10O5/c1-4-56(81)76-30-43-15-42(76)31-78(43)59-51-20-53(68)34(12-54(51)71-60(74-59)83-32-63-9-5-11-75(63)27-35(66)22-63)6-7-37(24-62(2,3)82)69-25-38(69)13-40-8-10-64(23-36(67)28-79(40)64)33-84-61-72-55-21-47-45(46-18-49(46)57-48(47)16-44(80)17-52(57)65)19-50(55)58(73-61)77-29-39-14-41(77)26-70-39/h4,12,16-17,19-21,24,35-36,38-43,46,49,70,80,82H,1,5-11,13-15,18,22-23,25-33H2,2-3H3/b37-24+/t35-,36-,38+,39-,40?,41-,42-,43?,46?,49?,63?,64+/m1/s1. The Morgan fingerprint density at radius 2 is 1.62 bits per heavy atom. The second-order valence-corrected chi connectivity index (χ2v) is 33.8. The number of nitrogens with one attached hydrogen (secondary N) is 1. The van der Waals surface area contributed by atoms with Gasteiger partial charge in [0.2, 0.25) is 5.91 Å². The van der Waals surface area contributed by atoms with Crippen molar-refractivity contribution in [2.45, 2.75) is 166 Å². The molecule has 2 aromatic heterocycles. The van der Waals surface area contributed by atoms with Crippen molar-refractivity contribution in [1.29, 1.82) is 0 Å². The first kappa shape index (κ1) is 54.3. The normalized spacial score (nSPS) is 33.1. The number of amides is 1. The van der Waals surface area contributed by atoms with Gasteiger partial charge >= 0.3 is 350 Å². The number of halogens is 5. The number of ether oxygens (including phenoxy) is 2. The summed E-state index contributed by atoms with van der Waals surface area (Å²) in [6.07, 6.45) is 10.7. The van der Waals surface area contributed by atoms with Crippen molar-refractivity contribution in [2.24, 2.45) is 0 Å². The zero-order chi connectivity index (χ0) is 57.3. The van der Waals surface area contributed by atoms with Crippen LogP contribution in [0, 0.1) is 5.82 Å². The minimum absolute atomic E-state index is 0.00922. The van der Waals surface area contributed by atoms with Crippen LogP contribution in [0.4, 0.5) is 24.8 Å². The van der Waals surface area contributed by atoms with Crippen LogP contribution in [0.25, 0.3) is 32.9 Å². The van der Waals surface area contributed by atoms with E-state index in [9.17, 15) is 19.4 Å². The minimum atomic E-state index is -1.79. The van der Waals surface area contributed by atoms with Crippen molar-refractivity contribution >= 4 is 70.8 Å². The number of phenolic OH excluding ortho intramolecular Hbond substituents is 1. The first-order valence-electron chi connectivity index (χ1n) is 30.7. The third-order valence-electron chi connectivity index (χ3n) is 21.2. The molecule has 3 aromatic carbocycles. The molecule has 5 unspecified atom stereocenters. The number of aromatic hydroxyl groups is 1. The number of alkyl halides is 4. The Balaban J connectivity index is 0.634. The van der Waals surface area contributed by atoms with Crippen LogP contribution in [0.2, 0.25) is 5.02 Å². The monoisotopic (exact) mass is 1280 g/mol. The van der Waals surface area contributed by atoms with E-state index in [4.69, 9.17) is 41.0 Å². The number of aliphatic hydroxyl groups is 1. The molecular weight excluding hydrogens is 1210 g/mol. The van der Waals surface area contributed by atoms with Gasteiger partial charge in [0.1, 0.15) is 11.9 Å². The molecular formula is C64H73ClF3IN10O5.